The molecule has 0 bridgehead atoms. The number of unbranched alkanes of at least 4 members (excludes halogenated alkanes) is 2. The number of ether oxygens (including phenoxy) is 2. The largest absolute Gasteiger partial charge is 0.508 e. The second-order valence-electron chi connectivity index (χ2n) is 9.62. The van der Waals surface area contributed by atoms with Crippen LogP contribution in [0.15, 0.2) is 60.7 Å². The zero-order chi connectivity index (χ0) is 24.0. The fraction of sp³-hybridized carbons (Fsp3) is 0.345. The van der Waals surface area contributed by atoms with E-state index in [0.29, 0.717) is 17.1 Å². The van der Waals surface area contributed by atoms with Gasteiger partial charge in [0, 0.05) is 60.7 Å². The second-order valence-corrected chi connectivity index (χ2v) is 9.62. The Hall–Kier alpha value is -3.51. The van der Waals surface area contributed by atoms with Gasteiger partial charge in [0.05, 0.1) is 5.56 Å². The lowest BCUT2D eigenvalue weighted by Crippen LogP contribution is -2.46. The Morgan fingerprint density at radius 3 is 2.43 bits per heavy atom. The summed E-state index contributed by atoms with van der Waals surface area (Å²) in [6.07, 6.45) is 3.80. The Labute approximate surface area is 205 Å². The topological polar surface area (TPSA) is 62.2 Å². The maximum absolute atomic E-state index is 12.9. The molecule has 1 atom stereocenters. The number of aromatic hydroxyl groups is 1. The van der Waals surface area contributed by atoms with E-state index in [1.165, 1.54) is 25.8 Å². The molecule has 3 aliphatic rings. The first-order chi connectivity index (χ1) is 17.1. The van der Waals surface area contributed by atoms with Crippen LogP contribution in [-0.2, 0) is 10.3 Å². The number of hydrogen-bond acceptors (Lipinski definition) is 6. The maximum Gasteiger partial charge on any atom is 0.340 e. The number of anilines is 1. The molecule has 180 valence electrons. The number of fused-ring (bicyclic) bond motifs is 6. The summed E-state index contributed by atoms with van der Waals surface area (Å²) in [6.45, 7) is 7.44. The molecule has 1 N–H and O–H groups in total. The fourth-order valence-electron chi connectivity index (χ4n) is 5.67. The van der Waals surface area contributed by atoms with Crippen LogP contribution in [0, 0.1) is 0 Å². The number of phenols is 1. The summed E-state index contributed by atoms with van der Waals surface area (Å²) >= 11 is 0. The Balaban J connectivity index is 1.37. The summed E-state index contributed by atoms with van der Waals surface area (Å²) in [6, 6.07) is 18.7. The van der Waals surface area contributed by atoms with Gasteiger partial charge in [0.15, 0.2) is 5.60 Å². The van der Waals surface area contributed by atoms with Gasteiger partial charge >= 0.3 is 5.97 Å². The average molecular weight is 471 g/mol. The van der Waals surface area contributed by atoms with Crippen molar-refractivity contribution in [1.82, 2.24) is 4.90 Å². The average Bonchev–Trinajstić information content (AvgIpc) is 3.17. The molecule has 1 spiro atoms. The highest BCUT2D eigenvalue weighted by molar-refractivity contribution is 5.97. The lowest BCUT2D eigenvalue weighted by molar-refractivity contribution is 0.0224. The predicted molar refractivity (Wildman–Crippen MR) is 135 cm³/mol. The Morgan fingerprint density at radius 2 is 1.63 bits per heavy atom. The quantitative estimate of drug-likeness (QED) is 0.405. The van der Waals surface area contributed by atoms with E-state index in [1.807, 2.05) is 30.3 Å². The SMILES string of the molecule is CCCCCN1CCN(c2ccc3c(c2)Oc2cc(O)ccc2C32OC(=O)c3ccccc32)CC1. The Morgan fingerprint density at radius 1 is 0.886 bits per heavy atom. The number of benzene rings is 3. The zero-order valence-electron chi connectivity index (χ0n) is 20.0. The number of carbonyl (C=O) groups is 1. The summed E-state index contributed by atoms with van der Waals surface area (Å²) in [5, 5.41) is 10.2. The van der Waals surface area contributed by atoms with Gasteiger partial charge in [-0.05, 0) is 43.3 Å². The Bertz CT molecular complexity index is 1280. The molecular formula is C29H30N2O4. The standard InChI is InChI=1S/C29H30N2O4/c1-2-3-6-13-30-14-16-31(17-15-30)20-9-11-24-26(18-20)34-27-19-21(32)10-12-25(27)29(24)23-8-5-4-7-22(23)28(33)35-29/h4-5,7-12,18-19,32H,2-3,6,13-17H2,1H3. The van der Waals surface area contributed by atoms with E-state index in [0.717, 1.165) is 48.6 Å². The molecule has 0 radical (unpaired) electrons. The molecule has 6 rings (SSSR count). The number of phenolic OH excluding ortho intramolecular Hbond substituents is 1. The summed E-state index contributed by atoms with van der Waals surface area (Å²) in [5.74, 6) is 0.904. The van der Waals surface area contributed by atoms with Crippen LogP contribution < -0.4 is 9.64 Å². The highest BCUT2D eigenvalue weighted by Gasteiger charge is 2.53. The lowest BCUT2D eigenvalue weighted by Gasteiger charge is -2.39. The van der Waals surface area contributed by atoms with Gasteiger partial charge < -0.3 is 19.5 Å². The maximum atomic E-state index is 12.9. The summed E-state index contributed by atoms with van der Waals surface area (Å²) in [4.78, 5) is 17.9. The molecule has 1 saturated heterocycles. The molecule has 3 aromatic carbocycles. The third-order valence-electron chi connectivity index (χ3n) is 7.50. The molecular weight excluding hydrogens is 440 g/mol. The zero-order valence-corrected chi connectivity index (χ0v) is 20.0. The molecule has 1 fully saturated rings. The molecule has 3 aliphatic heterocycles. The molecule has 6 nitrogen and oxygen atoms in total. The minimum Gasteiger partial charge on any atom is -0.508 e. The molecule has 0 aliphatic carbocycles. The van der Waals surface area contributed by atoms with Crippen LogP contribution in [0.25, 0.3) is 0 Å². The van der Waals surface area contributed by atoms with E-state index in [2.05, 4.69) is 22.8 Å². The minimum absolute atomic E-state index is 0.107. The second kappa shape index (κ2) is 8.61. The number of piperazine rings is 1. The first kappa shape index (κ1) is 22.0. The van der Waals surface area contributed by atoms with Gasteiger partial charge in [-0.15, -0.1) is 0 Å². The van der Waals surface area contributed by atoms with Gasteiger partial charge in [-0.1, -0.05) is 38.0 Å². The van der Waals surface area contributed by atoms with Gasteiger partial charge in [-0.25, -0.2) is 4.79 Å². The van der Waals surface area contributed by atoms with Crippen molar-refractivity contribution in [2.45, 2.75) is 31.8 Å². The third kappa shape index (κ3) is 3.55. The van der Waals surface area contributed by atoms with Gasteiger partial charge in [0.25, 0.3) is 0 Å². The summed E-state index contributed by atoms with van der Waals surface area (Å²) in [7, 11) is 0. The number of hydrogen-bond donors (Lipinski definition) is 1. The smallest absolute Gasteiger partial charge is 0.340 e. The molecule has 0 aromatic heterocycles. The van der Waals surface area contributed by atoms with E-state index in [1.54, 1.807) is 24.3 Å². The van der Waals surface area contributed by atoms with Crippen LogP contribution in [0.1, 0.15) is 53.2 Å². The van der Waals surface area contributed by atoms with Gasteiger partial charge in [-0.2, -0.15) is 0 Å². The summed E-state index contributed by atoms with van der Waals surface area (Å²) < 4.78 is 12.5. The number of nitrogens with zero attached hydrogens (tertiary/aromatic N) is 2. The van der Waals surface area contributed by atoms with Crippen molar-refractivity contribution in [3.63, 3.8) is 0 Å². The third-order valence-corrected chi connectivity index (χ3v) is 7.50. The van der Waals surface area contributed by atoms with Crippen molar-refractivity contribution < 1.29 is 19.4 Å². The van der Waals surface area contributed by atoms with Crippen molar-refractivity contribution in [2.75, 3.05) is 37.6 Å². The first-order valence-electron chi connectivity index (χ1n) is 12.6. The molecule has 0 saturated carbocycles. The van der Waals surface area contributed by atoms with E-state index in [4.69, 9.17) is 9.47 Å². The summed E-state index contributed by atoms with van der Waals surface area (Å²) in [5.41, 5.74) is 2.87. The van der Waals surface area contributed by atoms with Gasteiger partial charge in [0.2, 0.25) is 0 Å². The lowest BCUT2D eigenvalue weighted by atomic mass is 9.77. The highest BCUT2D eigenvalue weighted by atomic mass is 16.6. The van der Waals surface area contributed by atoms with Crippen LogP contribution in [-0.4, -0.2) is 48.7 Å². The normalized spacial score (nSPS) is 20.7. The molecule has 0 amide bonds. The molecule has 3 aromatic rings. The van der Waals surface area contributed by atoms with Crippen molar-refractivity contribution in [1.29, 1.82) is 0 Å². The number of esters is 1. The molecule has 3 heterocycles. The number of rotatable bonds is 5. The van der Waals surface area contributed by atoms with E-state index in [9.17, 15) is 9.90 Å². The van der Waals surface area contributed by atoms with E-state index >= 15 is 0 Å². The van der Waals surface area contributed by atoms with Crippen LogP contribution in [0.5, 0.6) is 17.2 Å². The highest BCUT2D eigenvalue weighted by Crippen LogP contribution is 2.56. The van der Waals surface area contributed by atoms with Crippen LogP contribution >= 0.6 is 0 Å². The van der Waals surface area contributed by atoms with Crippen molar-refractivity contribution in [3.8, 4) is 17.2 Å². The van der Waals surface area contributed by atoms with Crippen LogP contribution in [0.4, 0.5) is 5.69 Å². The monoisotopic (exact) mass is 470 g/mol. The van der Waals surface area contributed by atoms with Gasteiger partial charge in [-0.3, -0.25) is 4.90 Å². The molecule has 6 heteroatoms. The van der Waals surface area contributed by atoms with Crippen molar-refractivity contribution in [2.24, 2.45) is 0 Å². The minimum atomic E-state index is -1.10. The molecule has 1 unspecified atom stereocenters. The fourth-order valence-corrected chi connectivity index (χ4v) is 5.67. The predicted octanol–water partition coefficient (Wildman–Crippen LogP) is 5.27. The van der Waals surface area contributed by atoms with Gasteiger partial charge in [0.1, 0.15) is 17.2 Å². The number of carbonyl (C=O) groups excluding carboxylic acids is 1. The van der Waals surface area contributed by atoms with Crippen LogP contribution in [0.3, 0.4) is 0 Å². The van der Waals surface area contributed by atoms with Crippen molar-refractivity contribution in [3.05, 3.63) is 82.9 Å². The molecule has 35 heavy (non-hydrogen) atoms. The van der Waals surface area contributed by atoms with Crippen LogP contribution in [0.2, 0.25) is 0 Å². The van der Waals surface area contributed by atoms with E-state index in [-0.39, 0.29) is 11.7 Å². The first-order valence-corrected chi connectivity index (χ1v) is 12.6. The van der Waals surface area contributed by atoms with E-state index < -0.39 is 5.60 Å². The van der Waals surface area contributed by atoms with Crippen molar-refractivity contribution >= 4 is 11.7 Å². The Kier molecular flexibility index (Phi) is 5.41.